The van der Waals surface area contributed by atoms with Gasteiger partial charge in [-0.15, -0.1) is 0 Å². The Hall–Kier alpha value is -3.76. The summed E-state index contributed by atoms with van der Waals surface area (Å²) in [5.74, 6) is -0.212. The summed E-state index contributed by atoms with van der Waals surface area (Å²) in [6.07, 6.45) is 1.45. The Kier molecular flexibility index (Phi) is 5.97. The molecule has 1 aliphatic heterocycles. The molecule has 0 aliphatic carbocycles. The van der Waals surface area contributed by atoms with Crippen LogP contribution in [0.3, 0.4) is 0 Å². The first-order chi connectivity index (χ1) is 14.7. The summed E-state index contributed by atoms with van der Waals surface area (Å²) in [6, 6.07) is 18.9. The summed E-state index contributed by atoms with van der Waals surface area (Å²) in [4.78, 5) is 15.0. The molecule has 3 aromatic rings. The van der Waals surface area contributed by atoms with Gasteiger partial charge >= 0.3 is 0 Å². The molecule has 1 fully saturated rings. The van der Waals surface area contributed by atoms with E-state index in [1.165, 1.54) is 6.20 Å². The molecule has 0 radical (unpaired) electrons. The summed E-state index contributed by atoms with van der Waals surface area (Å²) >= 11 is 0. The number of hydrogen-bond acceptors (Lipinski definition) is 6. The lowest BCUT2D eigenvalue weighted by Gasteiger charge is -2.30. The number of carbonyl (C=O) groups excluding carboxylic acids is 1. The predicted octanol–water partition coefficient (Wildman–Crippen LogP) is 2.78. The fourth-order valence-corrected chi connectivity index (χ4v) is 3.40. The lowest BCUT2D eigenvalue weighted by molar-refractivity contribution is 0.0950. The molecule has 0 bridgehead atoms. The Morgan fingerprint density at radius 3 is 2.67 bits per heavy atom. The number of benzene rings is 2. The van der Waals surface area contributed by atoms with Crippen molar-refractivity contribution in [3.63, 3.8) is 0 Å². The van der Waals surface area contributed by atoms with Gasteiger partial charge in [-0.2, -0.15) is 15.5 Å². The van der Waals surface area contributed by atoms with E-state index >= 15 is 0 Å². The van der Waals surface area contributed by atoms with Gasteiger partial charge in [-0.1, -0.05) is 30.3 Å². The van der Waals surface area contributed by atoms with E-state index in [-0.39, 0.29) is 5.91 Å². The highest BCUT2D eigenvalue weighted by Crippen LogP contribution is 2.22. The minimum absolute atomic E-state index is 0.212. The molecule has 1 N–H and O–H groups in total. The van der Waals surface area contributed by atoms with Gasteiger partial charge in [0.15, 0.2) is 0 Å². The molecule has 1 amide bonds. The second-order valence-corrected chi connectivity index (χ2v) is 6.93. The Balaban J connectivity index is 1.47. The predicted molar refractivity (Wildman–Crippen MR) is 113 cm³/mol. The van der Waals surface area contributed by atoms with E-state index in [0.29, 0.717) is 36.6 Å². The molecule has 0 spiro atoms. The van der Waals surface area contributed by atoms with Crippen LogP contribution in [0.25, 0.3) is 11.3 Å². The zero-order valence-electron chi connectivity index (χ0n) is 16.4. The van der Waals surface area contributed by atoms with Crippen molar-refractivity contribution in [3.05, 3.63) is 77.5 Å². The van der Waals surface area contributed by atoms with Crippen molar-refractivity contribution < 1.29 is 9.53 Å². The van der Waals surface area contributed by atoms with Gasteiger partial charge in [0.25, 0.3) is 5.91 Å². The first kappa shape index (κ1) is 19.6. The first-order valence-corrected chi connectivity index (χ1v) is 9.76. The number of para-hydroxylation sites is 1. The Morgan fingerprint density at radius 1 is 1.13 bits per heavy atom. The standard InChI is InChI=1S/C23H21N5O2/c24-14-17-5-7-18(8-6-17)21-13-20(16-26-27-21)23(29)25-15-19-3-1-2-4-22(19)28-9-11-30-12-10-28/h1-8,13,16H,9-12,15H2,(H,25,29). The molecule has 1 aromatic heterocycles. The lowest BCUT2D eigenvalue weighted by Crippen LogP contribution is -2.37. The SMILES string of the molecule is N#Cc1ccc(-c2cc(C(=O)NCc3ccccc3N3CCOCC3)cnn2)cc1. The van der Waals surface area contributed by atoms with Gasteiger partial charge in [0.2, 0.25) is 0 Å². The summed E-state index contributed by atoms with van der Waals surface area (Å²) in [5.41, 5.74) is 4.57. The number of amides is 1. The van der Waals surface area contributed by atoms with E-state index in [1.807, 2.05) is 18.2 Å². The Labute approximate surface area is 174 Å². The Bertz CT molecular complexity index is 1070. The smallest absolute Gasteiger partial charge is 0.253 e. The number of rotatable bonds is 5. The highest BCUT2D eigenvalue weighted by Gasteiger charge is 2.15. The van der Waals surface area contributed by atoms with Crippen molar-refractivity contribution in [1.29, 1.82) is 5.26 Å². The molecule has 7 heteroatoms. The number of hydrogen-bond donors (Lipinski definition) is 1. The molecule has 0 saturated carbocycles. The average molecular weight is 399 g/mol. The van der Waals surface area contributed by atoms with Crippen LogP contribution in [-0.4, -0.2) is 42.4 Å². The van der Waals surface area contributed by atoms with E-state index in [4.69, 9.17) is 10.00 Å². The molecule has 4 rings (SSSR count). The van der Waals surface area contributed by atoms with Gasteiger partial charge in [0.1, 0.15) is 0 Å². The molecule has 30 heavy (non-hydrogen) atoms. The second-order valence-electron chi connectivity index (χ2n) is 6.93. The highest BCUT2D eigenvalue weighted by molar-refractivity contribution is 5.94. The first-order valence-electron chi connectivity index (χ1n) is 9.76. The number of nitriles is 1. The summed E-state index contributed by atoms with van der Waals surface area (Å²) in [7, 11) is 0. The van der Waals surface area contributed by atoms with Crippen LogP contribution >= 0.6 is 0 Å². The number of ether oxygens (including phenoxy) is 1. The molecule has 2 heterocycles. The quantitative estimate of drug-likeness (QED) is 0.709. The van der Waals surface area contributed by atoms with Crippen LogP contribution in [0.5, 0.6) is 0 Å². The third-order valence-corrected chi connectivity index (χ3v) is 5.01. The number of nitrogens with zero attached hydrogens (tertiary/aromatic N) is 4. The molecular formula is C23H21N5O2. The van der Waals surface area contributed by atoms with E-state index in [0.717, 1.165) is 29.9 Å². The van der Waals surface area contributed by atoms with Crippen molar-refractivity contribution in [3.8, 4) is 17.3 Å². The van der Waals surface area contributed by atoms with Crippen molar-refractivity contribution in [2.24, 2.45) is 0 Å². The van der Waals surface area contributed by atoms with Crippen LogP contribution in [0.2, 0.25) is 0 Å². The fraction of sp³-hybridized carbons (Fsp3) is 0.217. The topological polar surface area (TPSA) is 91.1 Å². The zero-order valence-corrected chi connectivity index (χ0v) is 16.4. The Morgan fingerprint density at radius 2 is 1.90 bits per heavy atom. The third kappa shape index (κ3) is 4.45. The van der Waals surface area contributed by atoms with Gasteiger partial charge in [0, 0.05) is 30.9 Å². The van der Waals surface area contributed by atoms with E-state index < -0.39 is 0 Å². The van der Waals surface area contributed by atoms with Gasteiger partial charge in [0.05, 0.1) is 42.3 Å². The molecule has 1 aliphatic rings. The van der Waals surface area contributed by atoms with Crippen LogP contribution in [0.15, 0.2) is 60.8 Å². The molecule has 1 saturated heterocycles. The van der Waals surface area contributed by atoms with E-state index in [9.17, 15) is 4.79 Å². The van der Waals surface area contributed by atoms with Crippen molar-refractivity contribution in [1.82, 2.24) is 15.5 Å². The maximum absolute atomic E-state index is 12.7. The van der Waals surface area contributed by atoms with Crippen LogP contribution in [0.4, 0.5) is 5.69 Å². The van der Waals surface area contributed by atoms with E-state index in [2.05, 4.69) is 32.5 Å². The van der Waals surface area contributed by atoms with Gasteiger partial charge in [-0.3, -0.25) is 4.79 Å². The lowest BCUT2D eigenvalue weighted by atomic mass is 10.1. The number of nitrogens with one attached hydrogen (secondary N) is 1. The minimum atomic E-state index is -0.212. The summed E-state index contributed by atoms with van der Waals surface area (Å²) in [6.45, 7) is 3.52. The maximum Gasteiger partial charge on any atom is 0.253 e. The number of morpholine rings is 1. The number of aromatic nitrogens is 2. The van der Waals surface area contributed by atoms with Gasteiger partial charge < -0.3 is 15.0 Å². The molecule has 0 unspecified atom stereocenters. The third-order valence-electron chi connectivity index (χ3n) is 5.01. The molecular weight excluding hydrogens is 378 g/mol. The molecule has 7 nitrogen and oxygen atoms in total. The zero-order chi connectivity index (χ0) is 20.8. The van der Waals surface area contributed by atoms with Crippen LogP contribution < -0.4 is 10.2 Å². The van der Waals surface area contributed by atoms with Crippen molar-refractivity contribution >= 4 is 11.6 Å². The van der Waals surface area contributed by atoms with Crippen LogP contribution in [0, 0.1) is 11.3 Å². The van der Waals surface area contributed by atoms with Crippen LogP contribution in [0.1, 0.15) is 21.5 Å². The van der Waals surface area contributed by atoms with E-state index in [1.54, 1.807) is 30.3 Å². The highest BCUT2D eigenvalue weighted by atomic mass is 16.5. The monoisotopic (exact) mass is 399 g/mol. The van der Waals surface area contributed by atoms with Gasteiger partial charge in [-0.05, 0) is 29.8 Å². The minimum Gasteiger partial charge on any atom is -0.378 e. The maximum atomic E-state index is 12.7. The largest absolute Gasteiger partial charge is 0.378 e. The summed E-state index contributed by atoms with van der Waals surface area (Å²) < 4.78 is 5.44. The average Bonchev–Trinajstić information content (AvgIpc) is 2.83. The summed E-state index contributed by atoms with van der Waals surface area (Å²) in [5, 5.41) is 20.0. The molecule has 0 atom stereocenters. The molecule has 2 aromatic carbocycles. The number of carbonyl (C=O) groups is 1. The fourth-order valence-electron chi connectivity index (χ4n) is 3.40. The van der Waals surface area contributed by atoms with Crippen molar-refractivity contribution in [2.75, 3.05) is 31.2 Å². The van der Waals surface area contributed by atoms with Crippen molar-refractivity contribution in [2.45, 2.75) is 6.54 Å². The van der Waals surface area contributed by atoms with Crippen LogP contribution in [-0.2, 0) is 11.3 Å². The number of anilines is 1. The normalized spacial score (nSPS) is 13.5. The second kappa shape index (κ2) is 9.16. The van der Waals surface area contributed by atoms with Gasteiger partial charge in [-0.25, -0.2) is 0 Å². The molecule has 150 valence electrons.